The summed E-state index contributed by atoms with van der Waals surface area (Å²) in [6.07, 6.45) is 2.64. The van der Waals surface area contributed by atoms with Crippen LogP contribution in [0.3, 0.4) is 0 Å². The Hall–Kier alpha value is -3.72. The molecule has 1 fully saturated rings. The molecular formula is C27H34N6O3. The lowest BCUT2D eigenvalue weighted by Gasteiger charge is -2.22. The predicted molar refractivity (Wildman–Crippen MR) is 142 cm³/mol. The Bertz CT molecular complexity index is 1330. The Morgan fingerprint density at radius 1 is 1.11 bits per heavy atom. The molecule has 2 aromatic heterocycles. The highest BCUT2D eigenvalue weighted by Gasteiger charge is 2.23. The fraction of sp³-hybridized carbons (Fsp3) is 0.407. The van der Waals surface area contributed by atoms with Crippen molar-refractivity contribution in [3.8, 4) is 11.3 Å². The summed E-state index contributed by atoms with van der Waals surface area (Å²) in [6.45, 7) is 7.31. The number of nitrogen functional groups attached to an aromatic ring is 1. The quantitative estimate of drug-likeness (QED) is 0.445. The van der Waals surface area contributed by atoms with E-state index in [-0.39, 0.29) is 17.3 Å². The first-order valence-electron chi connectivity index (χ1n) is 12.5. The lowest BCUT2D eigenvalue weighted by molar-refractivity contribution is -0.120. The molecule has 1 saturated heterocycles. The van der Waals surface area contributed by atoms with Crippen molar-refractivity contribution in [2.75, 3.05) is 32.4 Å². The number of nitrogens with zero attached hydrogens (tertiary/aromatic N) is 3. The van der Waals surface area contributed by atoms with Crippen LogP contribution >= 0.6 is 0 Å². The van der Waals surface area contributed by atoms with Crippen LogP contribution in [-0.2, 0) is 17.8 Å². The molecule has 1 aliphatic heterocycles. The van der Waals surface area contributed by atoms with Crippen LogP contribution in [0.5, 0.6) is 0 Å². The molecule has 0 radical (unpaired) electrons. The van der Waals surface area contributed by atoms with Crippen LogP contribution in [0.25, 0.3) is 22.3 Å². The zero-order chi connectivity index (χ0) is 25.8. The number of aryl methyl sites for hydroxylation is 1. The normalized spacial score (nSPS) is 15.8. The van der Waals surface area contributed by atoms with Crippen molar-refractivity contribution < 1.29 is 9.59 Å². The lowest BCUT2D eigenvalue weighted by atomic mass is 10.0. The number of aromatic nitrogens is 2. The second kappa shape index (κ2) is 10.9. The molecule has 0 bridgehead atoms. The number of hydrogen-bond acceptors (Lipinski definition) is 6. The van der Waals surface area contributed by atoms with Gasteiger partial charge in [-0.05, 0) is 50.6 Å². The van der Waals surface area contributed by atoms with E-state index in [2.05, 4.69) is 22.5 Å². The Kier molecular flexibility index (Phi) is 7.69. The van der Waals surface area contributed by atoms with E-state index in [0.717, 1.165) is 30.6 Å². The minimum Gasteiger partial charge on any atom is -0.384 e. The van der Waals surface area contributed by atoms with E-state index in [4.69, 9.17) is 10.7 Å². The average Bonchev–Trinajstić information content (AvgIpc) is 3.35. The van der Waals surface area contributed by atoms with E-state index in [0.29, 0.717) is 42.3 Å². The number of likely N-dealkylation sites (N-methyl/N-ethyl adjacent to an activating group) is 1. The van der Waals surface area contributed by atoms with Crippen molar-refractivity contribution in [3.05, 3.63) is 57.7 Å². The van der Waals surface area contributed by atoms with Gasteiger partial charge in [-0.2, -0.15) is 0 Å². The van der Waals surface area contributed by atoms with Gasteiger partial charge in [0.1, 0.15) is 17.0 Å². The summed E-state index contributed by atoms with van der Waals surface area (Å²) in [7, 11) is 1.46. The monoisotopic (exact) mass is 490 g/mol. The Morgan fingerprint density at radius 2 is 1.86 bits per heavy atom. The van der Waals surface area contributed by atoms with Crippen molar-refractivity contribution in [1.29, 1.82) is 0 Å². The summed E-state index contributed by atoms with van der Waals surface area (Å²) in [4.78, 5) is 44.8. The van der Waals surface area contributed by atoms with Crippen LogP contribution in [0.2, 0.25) is 0 Å². The van der Waals surface area contributed by atoms with Gasteiger partial charge in [-0.1, -0.05) is 31.2 Å². The third-order valence-electron chi connectivity index (χ3n) is 6.97. The molecule has 1 aromatic carbocycles. The first-order chi connectivity index (χ1) is 17.4. The maximum atomic E-state index is 13.0. The molecule has 3 aromatic rings. The molecule has 0 spiro atoms. The third-order valence-corrected chi connectivity index (χ3v) is 6.97. The molecule has 190 valence electrons. The van der Waals surface area contributed by atoms with Crippen molar-refractivity contribution in [3.63, 3.8) is 0 Å². The van der Waals surface area contributed by atoms with Gasteiger partial charge in [-0.3, -0.25) is 19.3 Å². The van der Waals surface area contributed by atoms with Gasteiger partial charge in [0.25, 0.3) is 5.91 Å². The molecule has 4 rings (SSSR count). The summed E-state index contributed by atoms with van der Waals surface area (Å²) >= 11 is 0. The molecule has 1 aliphatic rings. The number of amides is 2. The van der Waals surface area contributed by atoms with Gasteiger partial charge < -0.3 is 20.9 Å². The van der Waals surface area contributed by atoms with Gasteiger partial charge in [0.2, 0.25) is 11.3 Å². The number of likely N-dealkylation sites (tertiary alicyclic amines) is 1. The number of carbonyl (C=O) groups excluding carboxylic acids is 2. The fourth-order valence-electron chi connectivity index (χ4n) is 4.97. The number of fused-ring (bicyclic) bond motifs is 1. The molecular weight excluding hydrogens is 456 g/mol. The Labute approximate surface area is 210 Å². The van der Waals surface area contributed by atoms with E-state index in [1.165, 1.54) is 13.5 Å². The summed E-state index contributed by atoms with van der Waals surface area (Å²) in [5.41, 5.74) is 8.57. The number of anilines is 1. The predicted octanol–water partition coefficient (Wildman–Crippen LogP) is 2.17. The van der Waals surface area contributed by atoms with Gasteiger partial charge in [0, 0.05) is 31.7 Å². The molecule has 3 heterocycles. The second-order valence-electron chi connectivity index (χ2n) is 9.08. The van der Waals surface area contributed by atoms with Crippen molar-refractivity contribution in [2.45, 2.75) is 45.7 Å². The maximum Gasteiger partial charge on any atom is 0.258 e. The zero-order valence-corrected chi connectivity index (χ0v) is 21.1. The number of benzene rings is 1. The third kappa shape index (κ3) is 4.97. The van der Waals surface area contributed by atoms with Crippen LogP contribution in [0.4, 0.5) is 5.82 Å². The van der Waals surface area contributed by atoms with Crippen LogP contribution in [-0.4, -0.2) is 59.0 Å². The Balaban J connectivity index is 1.52. The molecule has 0 saturated carbocycles. The average molecular weight is 491 g/mol. The van der Waals surface area contributed by atoms with Gasteiger partial charge in [-0.25, -0.2) is 4.98 Å². The molecule has 0 aliphatic carbocycles. The van der Waals surface area contributed by atoms with Crippen LogP contribution in [0.15, 0.2) is 41.2 Å². The highest BCUT2D eigenvalue weighted by Crippen LogP contribution is 2.23. The van der Waals surface area contributed by atoms with Gasteiger partial charge in [0.05, 0.1) is 17.5 Å². The van der Waals surface area contributed by atoms with E-state index >= 15 is 0 Å². The fourth-order valence-corrected chi connectivity index (χ4v) is 4.97. The first-order valence-corrected chi connectivity index (χ1v) is 12.5. The molecule has 4 N–H and O–H groups in total. The molecule has 1 atom stereocenters. The molecule has 0 unspecified atom stereocenters. The second-order valence-corrected chi connectivity index (χ2v) is 9.08. The highest BCUT2D eigenvalue weighted by molar-refractivity contribution is 6.01. The van der Waals surface area contributed by atoms with E-state index in [1.807, 2.05) is 31.2 Å². The standard InChI is InChI=1S/C27H34N6O3/c1-4-32-14-6-7-19(32)16-30-22(34)15-17-8-10-18(11-9-17)21-13-12-20-24(35)23(27(36)29-3)25(28)33(5-2)26(20)31-21/h8-13,19H,4-7,14-16,28H2,1-3H3,(H,29,36)(H,30,34)/t19-/m1/s1. The number of nitrogens with one attached hydrogen (secondary N) is 2. The summed E-state index contributed by atoms with van der Waals surface area (Å²) < 4.78 is 1.67. The largest absolute Gasteiger partial charge is 0.384 e. The number of pyridine rings is 2. The smallest absolute Gasteiger partial charge is 0.258 e. The van der Waals surface area contributed by atoms with E-state index in [1.54, 1.807) is 16.7 Å². The first kappa shape index (κ1) is 25.4. The SMILES string of the molecule is CCN1CCC[C@@H]1CNC(=O)Cc1ccc(-c2ccc3c(=O)c(C(=O)NC)c(N)n(CC)c3n2)cc1. The van der Waals surface area contributed by atoms with Crippen molar-refractivity contribution in [2.24, 2.45) is 0 Å². The number of hydrogen-bond donors (Lipinski definition) is 3. The summed E-state index contributed by atoms with van der Waals surface area (Å²) in [6, 6.07) is 11.6. The van der Waals surface area contributed by atoms with Gasteiger partial charge in [-0.15, -0.1) is 0 Å². The van der Waals surface area contributed by atoms with Gasteiger partial charge in [0.15, 0.2) is 0 Å². The number of carbonyl (C=O) groups is 2. The number of nitrogens with two attached hydrogens (primary N) is 1. The van der Waals surface area contributed by atoms with E-state index in [9.17, 15) is 14.4 Å². The molecule has 9 nitrogen and oxygen atoms in total. The zero-order valence-electron chi connectivity index (χ0n) is 21.1. The molecule has 9 heteroatoms. The van der Waals surface area contributed by atoms with E-state index < -0.39 is 11.3 Å². The van der Waals surface area contributed by atoms with Crippen molar-refractivity contribution >= 4 is 28.7 Å². The Morgan fingerprint density at radius 3 is 2.53 bits per heavy atom. The van der Waals surface area contributed by atoms with Crippen LogP contribution in [0, 0.1) is 0 Å². The summed E-state index contributed by atoms with van der Waals surface area (Å²) in [5.74, 6) is -0.403. The van der Waals surface area contributed by atoms with Gasteiger partial charge >= 0.3 is 0 Å². The summed E-state index contributed by atoms with van der Waals surface area (Å²) in [5, 5.41) is 5.89. The number of rotatable bonds is 8. The van der Waals surface area contributed by atoms with Crippen LogP contribution in [0.1, 0.15) is 42.6 Å². The van der Waals surface area contributed by atoms with Crippen LogP contribution < -0.4 is 21.8 Å². The highest BCUT2D eigenvalue weighted by atomic mass is 16.2. The molecule has 36 heavy (non-hydrogen) atoms. The lowest BCUT2D eigenvalue weighted by Crippen LogP contribution is -2.40. The minimum atomic E-state index is -0.517. The molecule has 2 amide bonds. The topological polar surface area (TPSA) is 122 Å². The minimum absolute atomic E-state index is 0.0175. The maximum absolute atomic E-state index is 13.0. The van der Waals surface area contributed by atoms with Crippen molar-refractivity contribution in [1.82, 2.24) is 25.1 Å².